The highest BCUT2D eigenvalue weighted by atomic mass is 32.1. The molecule has 2 aromatic heterocycles. The summed E-state index contributed by atoms with van der Waals surface area (Å²) in [5, 5.41) is 0.816. The second-order valence-corrected chi connectivity index (χ2v) is 4.81. The van der Waals surface area contributed by atoms with Crippen molar-refractivity contribution in [1.82, 2.24) is 15.0 Å². The minimum absolute atomic E-state index is 0.420. The molecule has 5 heteroatoms. The lowest BCUT2D eigenvalue weighted by atomic mass is 10.2. The van der Waals surface area contributed by atoms with E-state index in [2.05, 4.69) is 40.1 Å². The Bertz CT molecular complexity index is 690. The monoisotopic (exact) mass is 242 g/mol. The zero-order valence-corrected chi connectivity index (χ0v) is 10.0. The molecule has 0 aliphatic carbocycles. The maximum atomic E-state index is 5.80. The molecule has 0 amide bonds. The second kappa shape index (κ2) is 3.78. The standard InChI is InChI=1S/C12H10N4S/c1-7-2-3-9-8(6-7)16-12(17-9)10-11(13)15-5-4-14-10/h2-6H,1H3,(H2,13,15). The first kappa shape index (κ1) is 10.2. The first-order chi connectivity index (χ1) is 8.24. The number of benzene rings is 1. The third kappa shape index (κ3) is 1.74. The van der Waals surface area contributed by atoms with E-state index < -0.39 is 0 Å². The molecule has 0 aliphatic heterocycles. The van der Waals surface area contributed by atoms with Crippen LogP contribution in [0.25, 0.3) is 20.9 Å². The van der Waals surface area contributed by atoms with Crippen molar-refractivity contribution in [3.8, 4) is 10.7 Å². The molecule has 84 valence electrons. The summed E-state index contributed by atoms with van der Waals surface area (Å²) in [5.41, 5.74) is 8.63. The number of hydrogen-bond acceptors (Lipinski definition) is 5. The van der Waals surface area contributed by atoms with E-state index in [0.29, 0.717) is 11.5 Å². The van der Waals surface area contributed by atoms with Gasteiger partial charge in [0, 0.05) is 12.4 Å². The SMILES string of the molecule is Cc1ccc2sc(-c3nccnc3N)nc2c1. The van der Waals surface area contributed by atoms with Crippen LogP contribution in [0.15, 0.2) is 30.6 Å². The normalized spacial score (nSPS) is 10.9. The molecule has 17 heavy (non-hydrogen) atoms. The summed E-state index contributed by atoms with van der Waals surface area (Å²) in [6.45, 7) is 2.05. The molecular formula is C12H10N4S. The van der Waals surface area contributed by atoms with Crippen molar-refractivity contribution in [3.05, 3.63) is 36.2 Å². The van der Waals surface area contributed by atoms with Gasteiger partial charge in [-0.1, -0.05) is 6.07 Å². The van der Waals surface area contributed by atoms with Crippen molar-refractivity contribution in [1.29, 1.82) is 0 Å². The van der Waals surface area contributed by atoms with E-state index in [1.54, 1.807) is 23.7 Å². The largest absolute Gasteiger partial charge is 0.382 e. The van der Waals surface area contributed by atoms with Crippen molar-refractivity contribution < 1.29 is 0 Å². The summed E-state index contributed by atoms with van der Waals surface area (Å²) < 4.78 is 1.13. The van der Waals surface area contributed by atoms with Crippen molar-refractivity contribution in [2.75, 3.05) is 5.73 Å². The van der Waals surface area contributed by atoms with E-state index in [4.69, 9.17) is 5.73 Å². The van der Waals surface area contributed by atoms with Crippen LogP contribution in [0.1, 0.15) is 5.56 Å². The van der Waals surface area contributed by atoms with Crippen LogP contribution in [0.4, 0.5) is 5.82 Å². The third-order valence-corrected chi connectivity index (χ3v) is 3.52. The third-order valence-electron chi connectivity index (χ3n) is 2.47. The molecule has 2 heterocycles. The van der Waals surface area contributed by atoms with Gasteiger partial charge >= 0.3 is 0 Å². The fourth-order valence-electron chi connectivity index (χ4n) is 1.65. The van der Waals surface area contributed by atoms with Gasteiger partial charge in [0.05, 0.1) is 10.2 Å². The molecule has 3 aromatic rings. The van der Waals surface area contributed by atoms with E-state index in [1.807, 2.05) is 0 Å². The van der Waals surface area contributed by atoms with Gasteiger partial charge < -0.3 is 5.73 Å². The smallest absolute Gasteiger partial charge is 0.152 e. The van der Waals surface area contributed by atoms with Crippen LogP contribution in [-0.4, -0.2) is 15.0 Å². The van der Waals surface area contributed by atoms with Gasteiger partial charge in [0.15, 0.2) is 5.82 Å². The predicted molar refractivity (Wildman–Crippen MR) is 69.8 cm³/mol. The molecule has 0 unspecified atom stereocenters. The van der Waals surface area contributed by atoms with Crippen LogP contribution in [-0.2, 0) is 0 Å². The van der Waals surface area contributed by atoms with Crippen LogP contribution < -0.4 is 5.73 Å². The van der Waals surface area contributed by atoms with Gasteiger partial charge in [-0.3, -0.25) is 0 Å². The van der Waals surface area contributed by atoms with Gasteiger partial charge in [0.2, 0.25) is 0 Å². The summed E-state index contributed by atoms with van der Waals surface area (Å²) in [6.07, 6.45) is 3.21. The number of aromatic nitrogens is 3. The number of rotatable bonds is 1. The summed E-state index contributed by atoms with van der Waals surface area (Å²) >= 11 is 1.58. The Labute approximate surface area is 102 Å². The quantitative estimate of drug-likeness (QED) is 0.712. The molecule has 2 N–H and O–H groups in total. The van der Waals surface area contributed by atoms with Crippen molar-refractivity contribution in [3.63, 3.8) is 0 Å². The maximum Gasteiger partial charge on any atom is 0.152 e. The van der Waals surface area contributed by atoms with E-state index >= 15 is 0 Å². The molecule has 0 bridgehead atoms. The molecule has 0 fully saturated rings. The first-order valence-electron chi connectivity index (χ1n) is 5.18. The van der Waals surface area contributed by atoms with Gasteiger partial charge in [-0.25, -0.2) is 15.0 Å². The topological polar surface area (TPSA) is 64.7 Å². The number of anilines is 1. The van der Waals surface area contributed by atoms with Crippen LogP contribution in [0.3, 0.4) is 0 Å². The molecule has 0 saturated carbocycles. The van der Waals surface area contributed by atoms with Gasteiger partial charge in [0.25, 0.3) is 0 Å². The molecular weight excluding hydrogens is 232 g/mol. The van der Waals surface area contributed by atoms with Crippen molar-refractivity contribution in [2.45, 2.75) is 6.92 Å². The molecule has 0 radical (unpaired) electrons. The van der Waals surface area contributed by atoms with Gasteiger partial charge in [-0.05, 0) is 24.6 Å². The highest BCUT2D eigenvalue weighted by Crippen LogP contribution is 2.31. The number of nitrogens with two attached hydrogens (primary N) is 1. The Morgan fingerprint density at radius 3 is 2.82 bits per heavy atom. The molecule has 0 spiro atoms. The predicted octanol–water partition coefficient (Wildman–Crippen LogP) is 2.64. The number of hydrogen-bond donors (Lipinski definition) is 1. The molecule has 3 rings (SSSR count). The number of aryl methyl sites for hydroxylation is 1. The van der Waals surface area contributed by atoms with Gasteiger partial charge in [-0.2, -0.15) is 0 Å². The molecule has 1 aromatic carbocycles. The lowest BCUT2D eigenvalue weighted by Gasteiger charge is -1.97. The Hall–Kier alpha value is -2.01. The first-order valence-corrected chi connectivity index (χ1v) is 6.00. The summed E-state index contributed by atoms with van der Waals surface area (Å²) in [4.78, 5) is 12.8. The molecule has 0 atom stereocenters. The number of nitrogens with zero attached hydrogens (tertiary/aromatic N) is 3. The number of nitrogen functional groups attached to an aromatic ring is 1. The molecule has 0 saturated heterocycles. The zero-order valence-electron chi connectivity index (χ0n) is 9.21. The van der Waals surface area contributed by atoms with Gasteiger partial charge in [0.1, 0.15) is 10.7 Å². The average molecular weight is 242 g/mol. The Kier molecular flexibility index (Phi) is 2.26. The fourth-order valence-corrected chi connectivity index (χ4v) is 2.60. The minimum Gasteiger partial charge on any atom is -0.382 e. The van der Waals surface area contributed by atoms with E-state index in [1.165, 1.54) is 5.56 Å². The molecule has 4 nitrogen and oxygen atoms in total. The molecule has 0 aliphatic rings. The summed E-state index contributed by atoms with van der Waals surface area (Å²) in [7, 11) is 0. The van der Waals surface area contributed by atoms with Crippen molar-refractivity contribution >= 4 is 27.4 Å². The van der Waals surface area contributed by atoms with Gasteiger partial charge in [-0.15, -0.1) is 11.3 Å². The van der Waals surface area contributed by atoms with Crippen molar-refractivity contribution in [2.24, 2.45) is 0 Å². The van der Waals surface area contributed by atoms with Crippen LogP contribution >= 0.6 is 11.3 Å². The van der Waals surface area contributed by atoms with E-state index in [0.717, 1.165) is 15.2 Å². The zero-order chi connectivity index (χ0) is 11.8. The van der Waals surface area contributed by atoms with Crippen LogP contribution in [0.5, 0.6) is 0 Å². The Morgan fingerprint density at radius 2 is 2.00 bits per heavy atom. The van der Waals surface area contributed by atoms with E-state index in [9.17, 15) is 0 Å². The summed E-state index contributed by atoms with van der Waals surface area (Å²) in [6, 6.07) is 6.20. The second-order valence-electron chi connectivity index (χ2n) is 3.78. The lowest BCUT2D eigenvalue weighted by molar-refractivity contribution is 1.21. The summed E-state index contributed by atoms with van der Waals surface area (Å²) in [5.74, 6) is 0.420. The highest BCUT2D eigenvalue weighted by Gasteiger charge is 2.10. The number of fused-ring (bicyclic) bond motifs is 1. The Balaban J connectivity index is 2.22. The minimum atomic E-state index is 0.420. The number of thiazole rings is 1. The Morgan fingerprint density at radius 1 is 1.18 bits per heavy atom. The lowest BCUT2D eigenvalue weighted by Crippen LogP contribution is -1.95. The maximum absolute atomic E-state index is 5.80. The van der Waals surface area contributed by atoms with Crippen LogP contribution in [0.2, 0.25) is 0 Å². The van der Waals surface area contributed by atoms with Crippen LogP contribution in [0, 0.1) is 6.92 Å². The average Bonchev–Trinajstić information content (AvgIpc) is 2.72. The van der Waals surface area contributed by atoms with E-state index in [-0.39, 0.29) is 0 Å². The highest BCUT2D eigenvalue weighted by molar-refractivity contribution is 7.21. The fraction of sp³-hybridized carbons (Fsp3) is 0.0833.